The molecule has 0 aliphatic rings. The predicted molar refractivity (Wildman–Crippen MR) is 92.4 cm³/mol. The fraction of sp³-hybridized carbons (Fsp3) is 0.250. The number of halogens is 2. The van der Waals surface area contributed by atoms with Crippen LogP contribution < -0.4 is 4.74 Å². The number of benzene rings is 2. The highest BCUT2D eigenvalue weighted by Crippen LogP contribution is 2.36. The van der Waals surface area contributed by atoms with Gasteiger partial charge in [0.05, 0.1) is 11.9 Å². The van der Waals surface area contributed by atoms with Crippen molar-refractivity contribution in [3.05, 3.63) is 62.2 Å². The molecular weight excluding hydrogens is 415 g/mol. The van der Waals surface area contributed by atoms with Crippen LogP contribution in [-0.4, -0.2) is 7.11 Å². The first kappa shape index (κ1) is 14.9. The molecule has 2 aromatic carbocycles. The summed E-state index contributed by atoms with van der Waals surface area (Å²) in [6.07, 6.45) is 0. The fourth-order valence-corrected chi connectivity index (χ4v) is 4.10. The molecule has 0 amide bonds. The minimum Gasteiger partial charge on any atom is -0.496 e. The van der Waals surface area contributed by atoms with Gasteiger partial charge in [-0.3, -0.25) is 0 Å². The number of hydrogen-bond donors (Lipinski definition) is 0. The second-order valence-corrected chi connectivity index (χ2v) is 6.65. The van der Waals surface area contributed by atoms with E-state index in [0.717, 1.165) is 5.75 Å². The first-order valence-corrected chi connectivity index (χ1v) is 8.07. The normalized spacial score (nSPS) is 12.3. The molecule has 0 heterocycles. The number of alkyl halides is 1. The standard InChI is InChI=1S/C16H16BrIO/c1-10-8-12(9-11(2)16(10)19-3)15(17)13-6-4-5-7-14(13)18/h4-9,15H,1-3H3. The van der Waals surface area contributed by atoms with Gasteiger partial charge in [0.1, 0.15) is 5.75 Å². The summed E-state index contributed by atoms with van der Waals surface area (Å²) in [4.78, 5) is 0.212. The van der Waals surface area contributed by atoms with Gasteiger partial charge in [0, 0.05) is 3.57 Å². The lowest BCUT2D eigenvalue weighted by Gasteiger charge is -2.16. The highest BCUT2D eigenvalue weighted by Gasteiger charge is 2.15. The Bertz CT molecular complexity index is 572. The van der Waals surface area contributed by atoms with Gasteiger partial charge in [-0.15, -0.1) is 0 Å². The van der Waals surface area contributed by atoms with Crippen LogP contribution in [0.3, 0.4) is 0 Å². The Morgan fingerprint density at radius 3 is 2.21 bits per heavy atom. The highest BCUT2D eigenvalue weighted by atomic mass is 127. The number of hydrogen-bond acceptors (Lipinski definition) is 1. The van der Waals surface area contributed by atoms with Gasteiger partial charge in [-0.2, -0.15) is 0 Å². The molecule has 0 N–H and O–H groups in total. The second-order valence-electron chi connectivity index (χ2n) is 4.57. The lowest BCUT2D eigenvalue weighted by molar-refractivity contribution is 0.408. The third kappa shape index (κ3) is 3.14. The molecule has 0 aromatic heterocycles. The van der Waals surface area contributed by atoms with E-state index in [-0.39, 0.29) is 4.83 Å². The topological polar surface area (TPSA) is 9.23 Å². The number of ether oxygens (including phenoxy) is 1. The van der Waals surface area contributed by atoms with Crippen molar-refractivity contribution < 1.29 is 4.74 Å². The third-order valence-electron chi connectivity index (χ3n) is 3.16. The van der Waals surface area contributed by atoms with E-state index in [4.69, 9.17) is 4.74 Å². The molecule has 100 valence electrons. The van der Waals surface area contributed by atoms with Gasteiger partial charge in [-0.05, 0) is 64.8 Å². The Morgan fingerprint density at radius 2 is 1.68 bits per heavy atom. The quantitative estimate of drug-likeness (QED) is 0.467. The van der Waals surface area contributed by atoms with Crippen LogP contribution in [0.2, 0.25) is 0 Å². The number of rotatable bonds is 3. The lowest BCUT2D eigenvalue weighted by atomic mass is 9.99. The van der Waals surface area contributed by atoms with E-state index in [1.54, 1.807) is 7.11 Å². The van der Waals surface area contributed by atoms with E-state index in [1.807, 2.05) is 0 Å². The Morgan fingerprint density at radius 1 is 1.11 bits per heavy atom. The zero-order valence-corrected chi connectivity index (χ0v) is 14.9. The molecule has 0 saturated heterocycles. The van der Waals surface area contributed by atoms with Gasteiger partial charge >= 0.3 is 0 Å². The summed E-state index contributed by atoms with van der Waals surface area (Å²) in [5.74, 6) is 0.978. The number of methoxy groups -OCH3 is 1. The molecule has 0 bridgehead atoms. The van der Waals surface area contributed by atoms with Gasteiger partial charge in [0.2, 0.25) is 0 Å². The summed E-state index contributed by atoms with van der Waals surface area (Å²) in [6, 6.07) is 12.8. The van der Waals surface area contributed by atoms with E-state index in [2.05, 4.69) is 88.8 Å². The number of aryl methyl sites for hydroxylation is 2. The van der Waals surface area contributed by atoms with Gasteiger partial charge in [0.25, 0.3) is 0 Å². The van der Waals surface area contributed by atoms with E-state index in [1.165, 1.54) is 25.8 Å². The zero-order valence-electron chi connectivity index (χ0n) is 11.2. The van der Waals surface area contributed by atoms with Crippen molar-refractivity contribution in [3.8, 4) is 5.75 Å². The molecule has 1 atom stereocenters. The monoisotopic (exact) mass is 430 g/mol. The van der Waals surface area contributed by atoms with Crippen LogP contribution in [0.15, 0.2) is 36.4 Å². The van der Waals surface area contributed by atoms with Crippen molar-refractivity contribution in [2.75, 3.05) is 7.11 Å². The molecule has 0 saturated carbocycles. The molecule has 0 aliphatic carbocycles. The zero-order chi connectivity index (χ0) is 14.0. The summed E-state index contributed by atoms with van der Waals surface area (Å²) in [5.41, 5.74) is 4.91. The summed E-state index contributed by atoms with van der Waals surface area (Å²) in [7, 11) is 1.72. The van der Waals surface area contributed by atoms with Crippen LogP contribution in [0.25, 0.3) is 0 Å². The van der Waals surface area contributed by atoms with Crippen LogP contribution in [0, 0.1) is 17.4 Å². The van der Waals surface area contributed by atoms with Gasteiger partial charge in [0.15, 0.2) is 0 Å². The maximum absolute atomic E-state index is 5.42. The van der Waals surface area contributed by atoms with Gasteiger partial charge in [-0.1, -0.05) is 46.3 Å². The van der Waals surface area contributed by atoms with Crippen LogP contribution in [-0.2, 0) is 0 Å². The van der Waals surface area contributed by atoms with Crippen LogP contribution in [0.5, 0.6) is 5.75 Å². The van der Waals surface area contributed by atoms with E-state index in [0.29, 0.717) is 0 Å². The molecule has 0 aliphatic heterocycles. The molecule has 0 spiro atoms. The van der Waals surface area contributed by atoms with Crippen LogP contribution >= 0.6 is 38.5 Å². The summed E-state index contributed by atoms with van der Waals surface area (Å²) in [6.45, 7) is 4.18. The first-order chi connectivity index (χ1) is 9.04. The molecule has 2 rings (SSSR count). The van der Waals surface area contributed by atoms with Crippen LogP contribution in [0.4, 0.5) is 0 Å². The minimum atomic E-state index is 0.212. The van der Waals surface area contributed by atoms with Gasteiger partial charge in [-0.25, -0.2) is 0 Å². The van der Waals surface area contributed by atoms with Crippen molar-refractivity contribution in [2.45, 2.75) is 18.7 Å². The maximum Gasteiger partial charge on any atom is 0.124 e. The molecule has 3 heteroatoms. The first-order valence-electron chi connectivity index (χ1n) is 6.08. The SMILES string of the molecule is COc1c(C)cc(C(Br)c2ccccc2I)cc1C. The van der Waals surface area contributed by atoms with Crippen molar-refractivity contribution in [1.29, 1.82) is 0 Å². The summed E-state index contributed by atoms with van der Waals surface area (Å²) >= 11 is 6.19. The van der Waals surface area contributed by atoms with E-state index < -0.39 is 0 Å². The largest absolute Gasteiger partial charge is 0.496 e. The third-order valence-corrected chi connectivity index (χ3v) is 5.16. The van der Waals surface area contributed by atoms with E-state index >= 15 is 0 Å². The Balaban J connectivity index is 2.45. The molecule has 0 radical (unpaired) electrons. The Hall–Kier alpha value is -0.550. The molecular formula is C16H16BrIO. The smallest absolute Gasteiger partial charge is 0.124 e. The van der Waals surface area contributed by atoms with Crippen molar-refractivity contribution in [3.63, 3.8) is 0 Å². The summed E-state index contributed by atoms with van der Waals surface area (Å²) < 4.78 is 6.69. The molecule has 0 fully saturated rings. The van der Waals surface area contributed by atoms with Crippen molar-refractivity contribution in [1.82, 2.24) is 0 Å². The molecule has 1 unspecified atom stereocenters. The predicted octanol–water partition coefficient (Wildman–Crippen LogP) is 5.40. The highest BCUT2D eigenvalue weighted by molar-refractivity contribution is 14.1. The van der Waals surface area contributed by atoms with Crippen LogP contribution in [0.1, 0.15) is 27.1 Å². The molecule has 1 nitrogen and oxygen atoms in total. The van der Waals surface area contributed by atoms with Crippen molar-refractivity contribution in [2.24, 2.45) is 0 Å². The maximum atomic E-state index is 5.42. The Labute approximate surface area is 136 Å². The molecule has 19 heavy (non-hydrogen) atoms. The van der Waals surface area contributed by atoms with Crippen molar-refractivity contribution >= 4 is 38.5 Å². The molecule has 2 aromatic rings. The average Bonchev–Trinajstić information content (AvgIpc) is 2.38. The Kier molecular flexibility index (Phi) is 4.90. The van der Waals surface area contributed by atoms with E-state index in [9.17, 15) is 0 Å². The van der Waals surface area contributed by atoms with Gasteiger partial charge < -0.3 is 4.74 Å². The fourth-order valence-electron chi connectivity index (χ4n) is 2.31. The average molecular weight is 431 g/mol. The lowest BCUT2D eigenvalue weighted by Crippen LogP contribution is -1.99. The second kappa shape index (κ2) is 6.27. The summed E-state index contributed by atoms with van der Waals surface area (Å²) in [5, 5.41) is 0. The minimum absolute atomic E-state index is 0.212.